The Morgan fingerprint density at radius 3 is 2.87 bits per heavy atom. The summed E-state index contributed by atoms with van der Waals surface area (Å²) in [4.78, 5) is 3.59. The van der Waals surface area contributed by atoms with Gasteiger partial charge >= 0.3 is 0 Å². The van der Waals surface area contributed by atoms with Crippen LogP contribution in [0, 0.1) is 0 Å². The number of aliphatic hydroxyl groups excluding tert-OH is 1. The summed E-state index contributed by atoms with van der Waals surface area (Å²) in [7, 11) is 2.17. The van der Waals surface area contributed by atoms with Crippen molar-refractivity contribution in [2.45, 2.75) is 55.2 Å². The van der Waals surface area contributed by atoms with Gasteiger partial charge in [0.2, 0.25) is 0 Å². The number of nitrogens with zero attached hydrogens (tertiary/aromatic N) is 1. The first-order valence-corrected chi connectivity index (χ1v) is 9.61. The van der Waals surface area contributed by atoms with E-state index in [2.05, 4.69) is 56.3 Å². The summed E-state index contributed by atoms with van der Waals surface area (Å²) < 4.78 is 5.94. The van der Waals surface area contributed by atoms with Crippen LogP contribution in [0.1, 0.15) is 32.3 Å². The molecule has 3 nitrogen and oxygen atoms in total. The molecule has 3 atom stereocenters. The van der Waals surface area contributed by atoms with E-state index in [1.54, 1.807) is 11.8 Å². The van der Waals surface area contributed by atoms with Crippen LogP contribution in [0.2, 0.25) is 0 Å². The molecule has 0 amide bonds. The van der Waals surface area contributed by atoms with Crippen LogP contribution >= 0.6 is 11.8 Å². The molecule has 2 aliphatic rings. The summed E-state index contributed by atoms with van der Waals surface area (Å²) in [5, 5.41) is 10.0. The van der Waals surface area contributed by atoms with Crippen LogP contribution in [-0.4, -0.2) is 48.1 Å². The fraction of sp³-hybridized carbons (Fsp3) is 0.579. The van der Waals surface area contributed by atoms with Crippen LogP contribution in [0.5, 0.6) is 5.75 Å². The minimum Gasteiger partial charge on any atom is -0.490 e. The molecule has 3 rings (SSSR count). The molecule has 0 spiro atoms. The largest absolute Gasteiger partial charge is 0.490 e. The molecular formula is C19H27NO2S. The molecule has 4 heteroatoms. The number of hydrogen-bond acceptors (Lipinski definition) is 4. The van der Waals surface area contributed by atoms with E-state index < -0.39 is 0 Å². The van der Waals surface area contributed by atoms with Crippen LogP contribution in [0.3, 0.4) is 0 Å². The Labute approximate surface area is 143 Å². The minimum absolute atomic E-state index is 0.0226. The predicted molar refractivity (Wildman–Crippen MR) is 96.5 cm³/mol. The molecule has 0 saturated carbocycles. The van der Waals surface area contributed by atoms with Gasteiger partial charge < -0.3 is 14.7 Å². The standard InChI is InChI=1S/C19H27NO2S/c1-13(2)22-16-6-5-14(11-17(16)23-4)19-8-7-15(21)12-18(19)20(3)10-9-19/h5-8,11,13,15,18,21H,9-10,12H2,1-4H3/t15-,18+,19+/m1/s1. The van der Waals surface area contributed by atoms with E-state index in [0.717, 1.165) is 25.1 Å². The molecule has 23 heavy (non-hydrogen) atoms. The lowest BCUT2D eigenvalue weighted by molar-refractivity contribution is 0.137. The highest BCUT2D eigenvalue weighted by Crippen LogP contribution is 2.46. The summed E-state index contributed by atoms with van der Waals surface area (Å²) in [5.41, 5.74) is 1.37. The molecule has 1 fully saturated rings. The number of ether oxygens (including phenoxy) is 1. The average Bonchev–Trinajstić information content (AvgIpc) is 2.85. The topological polar surface area (TPSA) is 32.7 Å². The van der Waals surface area contributed by atoms with Crippen LogP contribution in [0.15, 0.2) is 35.2 Å². The van der Waals surface area contributed by atoms with Crippen LogP contribution in [0.4, 0.5) is 0 Å². The highest BCUT2D eigenvalue weighted by molar-refractivity contribution is 7.98. The number of rotatable bonds is 4. The predicted octanol–water partition coefficient (Wildman–Crippen LogP) is 3.46. The fourth-order valence-corrected chi connectivity index (χ4v) is 4.56. The summed E-state index contributed by atoms with van der Waals surface area (Å²) in [6.07, 6.45) is 8.10. The van der Waals surface area contributed by atoms with Gasteiger partial charge in [0.05, 0.1) is 12.2 Å². The minimum atomic E-state index is -0.322. The number of benzene rings is 1. The number of likely N-dealkylation sites (N-methyl/N-ethyl adjacent to an activating group) is 1. The summed E-state index contributed by atoms with van der Waals surface area (Å²) >= 11 is 1.74. The molecule has 1 heterocycles. The second-order valence-electron chi connectivity index (χ2n) is 6.98. The van der Waals surface area contributed by atoms with Crippen molar-refractivity contribution >= 4 is 11.8 Å². The van der Waals surface area contributed by atoms with Crippen molar-refractivity contribution in [2.24, 2.45) is 0 Å². The molecule has 0 bridgehead atoms. The highest BCUT2D eigenvalue weighted by Gasteiger charge is 2.47. The second-order valence-corrected chi connectivity index (χ2v) is 7.83. The number of aliphatic hydroxyl groups is 1. The van der Waals surface area contributed by atoms with Gasteiger partial charge in [-0.05, 0) is 64.2 Å². The molecule has 1 aliphatic carbocycles. The third-order valence-corrected chi connectivity index (χ3v) is 5.91. The Hall–Kier alpha value is -0.970. The lowest BCUT2D eigenvalue weighted by atomic mass is 9.69. The third kappa shape index (κ3) is 3.04. The second kappa shape index (κ2) is 6.50. The van der Waals surface area contributed by atoms with Crippen molar-refractivity contribution in [3.05, 3.63) is 35.9 Å². The Morgan fingerprint density at radius 2 is 2.17 bits per heavy atom. The molecule has 1 saturated heterocycles. The maximum absolute atomic E-state index is 10.0. The first-order valence-electron chi connectivity index (χ1n) is 8.39. The average molecular weight is 333 g/mol. The molecule has 1 aromatic carbocycles. The van der Waals surface area contributed by atoms with E-state index in [9.17, 15) is 5.11 Å². The first-order chi connectivity index (χ1) is 11.0. The first kappa shape index (κ1) is 16.9. The van der Waals surface area contributed by atoms with Crippen molar-refractivity contribution < 1.29 is 9.84 Å². The van der Waals surface area contributed by atoms with E-state index in [0.29, 0.717) is 6.04 Å². The van der Waals surface area contributed by atoms with Gasteiger partial charge in [-0.25, -0.2) is 0 Å². The van der Waals surface area contributed by atoms with E-state index in [-0.39, 0.29) is 17.6 Å². The van der Waals surface area contributed by atoms with Crippen LogP contribution < -0.4 is 4.74 Å². The highest BCUT2D eigenvalue weighted by atomic mass is 32.2. The van der Waals surface area contributed by atoms with E-state index in [1.807, 2.05) is 6.08 Å². The van der Waals surface area contributed by atoms with Gasteiger partial charge in [0.25, 0.3) is 0 Å². The van der Waals surface area contributed by atoms with Gasteiger partial charge in [0, 0.05) is 16.4 Å². The zero-order chi connectivity index (χ0) is 16.6. The van der Waals surface area contributed by atoms with Crippen molar-refractivity contribution in [2.75, 3.05) is 19.8 Å². The summed E-state index contributed by atoms with van der Waals surface area (Å²) in [6, 6.07) is 6.99. The van der Waals surface area contributed by atoms with Crippen molar-refractivity contribution in [1.29, 1.82) is 0 Å². The lowest BCUT2D eigenvalue weighted by Crippen LogP contribution is -2.44. The quantitative estimate of drug-likeness (QED) is 0.676. The smallest absolute Gasteiger partial charge is 0.133 e. The number of thioether (sulfide) groups is 1. The molecule has 1 N–H and O–H groups in total. The zero-order valence-corrected chi connectivity index (χ0v) is 15.3. The normalized spacial score (nSPS) is 30.7. The van der Waals surface area contributed by atoms with Gasteiger partial charge in [0.15, 0.2) is 0 Å². The number of hydrogen-bond donors (Lipinski definition) is 1. The molecule has 0 aromatic heterocycles. The number of fused-ring (bicyclic) bond motifs is 1. The fourth-order valence-electron chi connectivity index (χ4n) is 3.99. The molecule has 0 radical (unpaired) electrons. The summed E-state index contributed by atoms with van der Waals surface area (Å²) in [5.74, 6) is 0.968. The third-order valence-electron chi connectivity index (χ3n) is 5.15. The molecule has 1 aromatic rings. The van der Waals surface area contributed by atoms with Crippen molar-refractivity contribution in [3.8, 4) is 5.75 Å². The zero-order valence-electron chi connectivity index (χ0n) is 14.5. The Morgan fingerprint density at radius 1 is 1.39 bits per heavy atom. The van der Waals surface area contributed by atoms with Crippen LogP contribution in [0.25, 0.3) is 0 Å². The van der Waals surface area contributed by atoms with E-state index in [4.69, 9.17) is 4.74 Å². The summed E-state index contributed by atoms with van der Waals surface area (Å²) in [6.45, 7) is 5.19. The Kier molecular flexibility index (Phi) is 4.77. The van der Waals surface area contributed by atoms with Gasteiger partial charge in [-0.3, -0.25) is 0 Å². The van der Waals surface area contributed by atoms with E-state index >= 15 is 0 Å². The van der Waals surface area contributed by atoms with Gasteiger partial charge in [-0.1, -0.05) is 18.2 Å². The van der Waals surface area contributed by atoms with E-state index in [1.165, 1.54) is 10.5 Å². The van der Waals surface area contributed by atoms with Gasteiger partial charge in [-0.2, -0.15) is 0 Å². The Bertz CT molecular complexity index is 601. The maximum Gasteiger partial charge on any atom is 0.133 e. The van der Waals surface area contributed by atoms with Crippen molar-refractivity contribution in [1.82, 2.24) is 4.90 Å². The van der Waals surface area contributed by atoms with Gasteiger partial charge in [0.1, 0.15) is 5.75 Å². The van der Waals surface area contributed by atoms with Crippen molar-refractivity contribution in [3.63, 3.8) is 0 Å². The molecule has 1 aliphatic heterocycles. The molecule has 126 valence electrons. The molecular weight excluding hydrogens is 306 g/mol. The monoisotopic (exact) mass is 333 g/mol. The van der Waals surface area contributed by atoms with Crippen LogP contribution in [-0.2, 0) is 5.41 Å². The maximum atomic E-state index is 10.0. The Balaban J connectivity index is 2.01. The SMILES string of the molecule is CSc1cc([C@@]23C=C[C@@H](O)C[C@@H]2N(C)CC3)ccc1OC(C)C. The van der Waals surface area contributed by atoms with Gasteiger partial charge in [-0.15, -0.1) is 11.8 Å². The molecule has 0 unspecified atom stereocenters. The number of likely N-dealkylation sites (tertiary alicyclic amines) is 1. The lowest BCUT2D eigenvalue weighted by Gasteiger charge is -2.39.